The maximum atomic E-state index is 10.6. The highest BCUT2D eigenvalue weighted by Gasteiger charge is 2.46. The summed E-state index contributed by atoms with van der Waals surface area (Å²) >= 11 is 0. The first-order valence-corrected chi connectivity index (χ1v) is 11.2. The monoisotopic (exact) mass is 555 g/mol. The van der Waals surface area contributed by atoms with E-state index < -0.39 is 24.3 Å². The molecule has 0 saturated carbocycles. The van der Waals surface area contributed by atoms with Crippen LogP contribution in [0.2, 0.25) is 0 Å². The number of hydrogen-bond acceptors (Lipinski definition) is 7. The highest BCUT2D eigenvalue weighted by molar-refractivity contribution is 5.73. The molecule has 0 bridgehead atoms. The molecule has 1 spiro atoms. The van der Waals surface area contributed by atoms with Crippen LogP contribution in [0.5, 0.6) is 0 Å². The van der Waals surface area contributed by atoms with Crippen LogP contribution in [0.1, 0.15) is 24.3 Å². The van der Waals surface area contributed by atoms with Gasteiger partial charge in [-0.1, -0.05) is 6.07 Å². The number of nitrogens with zero attached hydrogens (tertiary/aromatic N) is 3. The summed E-state index contributed by atoms with van der Waals surface area (Å²) in [6.07, 6.45) is -4.35. The Morgan fingerprint density at radius 3 is 2.24 bits per heavy atom. The van der Waals surface area contributed by atoms with E-state index >= 15 is 0 Å². The molecule has 2 aliphatic heterocycles. The Labute approximate surface area is 213 Å². The van der Waals surface area contributed by atoms with Crippen molar-refractivity contribution in [2.45, 2.75) is 49.9 Å². The predicted octanol–water partition coefficient (Wildman–Crippen LogP) is 3.81. The number of carboxylic acids is 2. The van der Waals surface area contributed by atoms with Crippen molar-refractivity contribution in [2.75, 3.05) is 26.7 Å². The molecule has 0 radical (unpaired) electrons. The van der Waals surface area contributed by atoms with Crippen LogP contribution < -0.4 is 0 Å². The number of ether oxygens (including phenoxy) is 1. The van der Waals surface area contributed by atoms with Gasteiger partial charge in [0.15, 0.2) is 0 Å². The molecular weight excluding hydrogens is 528 g/mol. The normalized spacial score (nSPS) is 21.5. The summed E-state index contributed by atoms with van der Waals surface area (Å²) < 4.78 is 75.2. The smallest absolute Gasteiger partial charge is 0.475 e. The molecular formula is C23H27F6N3O6. The van der Waals surface area contributed by atoms with E-state index in [0.29, 0.717) is 6.04 Å². The van der Waals surface area contributed by atoms with Crippen molar-refractivity contribution >= 4 is 11.9 Å². The zero-order chi connectivity index (χ0) is 28.6. The van der Waals surface area contributed by atoms with Gasteiger partial charge in [-0.25, -0.2) is 9.59 Å². The third kappa shape index (κ3) is 9.95. The van der Waals surface area contributed by atoms with Gasteiger partial charge in [-0.2, -0.15) is 26.3 Å². The molecule has 15 heteroatoms. The lowest BCUT2D eigenvalue weighted by Gasteiger charge is -2.25. The summed E-state index contributed by atoms with van der Waals surface area (Å²) in [6, 6.07) is 10.6. The second-order valence-electron chi connectivity index (χ2n) is 8.73. The van der Waals surface area contributed by atoms with Crippen molar-refractivity contribution in [1.29, 1.82) is 0 Å². The number of rotatable bonds is 5. The minimum Gasteiger partial charge on any atom is -0.475 e. The maximum Gasteiger partial charge on any atom is 0.490 e. The number of alkyl halides is 6. The van der Waals surface area contributed by atoms with Gasteiger partial charge in [0.05, 0.1) is 30.7 Å². The SMILES string of the molecule is CN(Cc1ccccn1)C1COC2(CCN(Cc3ccco3)C2)C1.O=C(O)C(F)(F)F.O=C(O)C(F)(F)F. The highest BCUT2D eigenvalue weighted by Crippen LogP contribution is 2.37. The molecule has 2 N–H and O–H groups in total. The molecule has 0 aromatic carbocycles. The molecule has 2 saturated heterocycles. The van der Waals surface area contributed by atoms with Crippen LogP contribution in [0.15, 0.2) is 47.2 Å². The first-order valence-electron chi connectivity index (χ1n) is 11.2. The van der Waals surface area contributed by atoms with Gasteiger partial charge < -0.3 is 19.4 Å². The molecule has 2 aliphatic rings. The summed E-state index contributed by atoms with van der Waals surface area (Å²) in [5, 5.41) is 14.2. The number of carbonyl (C=O) groups is 2. The molecule has 2 unspecified atom stereocenters. The number of carboxylic acid groups (broad SMARTS) is 2. The summed E-state index contributed by atoms with van der Waals surface area (Å²) in [5.41, 5.74) is 1.14. The van der Waals surface area contributed by atoms with E-state index in [-0.39, 0.29) is 5.60 Å². The predicted molar refractivity (Wildman–Crippen MR) is 119 cm³/mol. The molecule has 2 fully saturated rings. The van der Waals surface area contributed by atoms with Crippen LogP contribution in [-0.2, 0) is 27.4 Å². The second-order valence-corrected chi connectivity index (χ2v) is 8.73. The zero-order valence-electron chi connectivity index (χ0n) is 20.2. The number of likely N-dealkylation sites (tertiary alicyclic amines) is 1. The molecule has 4 heterocycles. The Bertz CT molecular complexity index is 995. The fourth-order valence-electron chi connectivity index (χ4n) is 3.95. The van der Waals surface area contributed by atoms with E-state index in [1.807, 2.05) is 30.5 Å². The highest BCUT2D eigenvalue weighted by atomic mass is 19.4. The fraction of sp³-hybridized carbons (Fsp3) is 0.522. The number of pyridine rings is 1. The standard InChI is InChI=1S/C19H25N3O2.2C2HF3O2/c1-21(12-16-5-2-3-8-20-16)17-11-19(24-14-17)7-9-22(15-19)13-18-6-4-10-23-18;2*3-2(4,5)1(6)7/h2-6,8,10,17H,7,9,11-15H2,1H3;2*(H,6,7). The van der Waals surface area contributed by atoms with E-state index in [1.54, 1.807) is 6.26 Å². The van der Waals surface area contributed by atoms with Gasteiger partial charge in [0.2, 0.25) is 0 Å². The van der Waals surface area contributed by atoms with Crippen LogP contribution in [0.25, 0.3) is 0 Å². The minimum atomic E-state index is -5.08. The Kier molecular flexibility index (Phi) is 10.7. The van der Waals surface area contributed by atoms with E-state index in [2.05, 4.69) is 27.9 Å². The Hall–Kier alpha value is -3.17. The van der Waals surface area contributed by atoms with Crippen LogP contribution in [0.3, 0.4) is 0 Å². The van der Waals surface area contributed by atoms with Crippen LogP contribution in [0.4, 0.5) is 26.3 Å². The molecule has 2 atom stereocenters. The molecule has 212 valence electrons. The zero-order valence-corrected chi connectivity index (χ0v) is 20.2. The summed E-state index contributed by atoms with van der Waals surface area (Å²) in [5.74, 6) is -4.48. The quantitative estimate of drug-likeness (QED) is 0.532. The maximum absolute atomic E-state index is 10.6. The van der Waals surface area contributed by atoms with Gasteiger partial charge in [0.1, 0.15) is 5.76 Å². The first kappa shape index (κ1) is 31.1. The topological polar surface area (TPSA) is 116 Å². The van der Waals surface area contributed by atoms with Gasteiger partial charge in [-0.15, -0.1) is 0 Å². The molecule has 2 aromatic rings. The average Bonchev–Trinajstić information content (AvgIpc) is 3.57. The number of furan rings is 1. The summed E-state index contributed by atoms with van der Waals surface area (Å²) in [6.45, 7) is 4.66. The molecule has 2 aromatic heterocycles. The summed E-state index contributed by atoms with van der Waals surface area (Å²) in [4.78, 5) is 27.0. The van der Waals surface area contributed by atoms with Crippen molar-refractivity contribution in [3.63, 3.8) is 0 Å². The third-order valence-electron chi connectivity index (χ3n) is 5.79. The lowest BCUT2D eigenvalue weighted by Crippen LogP contribution is -2.36. The number of aromatic nitrogens is 1. The Balaban J connectivity index is 0.000000301. The van der Waals surface area contributed by atoms with Crippen LogP contribution >= 0.6 is 0 Å². The fourth-order valence-corrected chi connectivity index (χ4v) is 3.95. The van der Waals surface area contributed by atoms with Crippen molar-refractivity contribution in [1.82, 2.24) is 14.8 Å². The van der Waals surface area contributed by atoms with E-state index in [1.165, 1.54) is 0 Å². The largest absolute Gasteiger partial charge is 0.490 e. The molecule has 38 heavy (non-hydrogen) atoms. The van der Waals surface area contributed by atoms with Gasteiger partial charge in [-0.05, 0) is 44.2 Å². The van der Waals surface area contributed by atoms with E-state index in [9.17, 15) is 26.3 Å². The van der Waals surface area contributed by atoms with Crippen LogP contribution in [0, 0.1) is 0 Å². The van der Waals surface area contributed by atoms with Crippen molar-refractivity contribution in [3.05, 3.63) is 54.2 Å². The van der Waals surface area contributed by atoms with Gasteiger partial charge in [0.25, 0.3) is 0 Å². The number of hydrogen-bond donors (Lipinski definition) is 2. The minimum absolute atomic E-state index is 0.0234. The third-order valence-corrected chi connectivity index (χ3v) is 5.79. The average molecular weight is 555 g/mol. The van der Waals surface area contributed by atoms with Crippen molar-refractivity contribution < 1.29 is 55.3 Å². The summed E-state index contributed by atoms with van der Waals surface area (Å²) in [7, 11) is 2.18. The van der Waals surface area contributed by atoms with Crippen LogP contribution in [-0.4, -0.2) is 87.7 Å². The van der Waals surface area contributed by atoms with Gasteiger partial charge >= 0.3 is 24.3 Å². The van der Waals surface area contributed by atoms with Crippen molar-refractivity contribution in [2.24, 2.45) is 0 Å². The number of aliphatic carboxylic acids is 2. The first-order chi connectivity index (χ1) is 17.6. The number of halogens is 6. The van der Waals surface area contributed by atoms with E-state index in [4.69, 9.17) is 29.0 Å². The van der Waals surface area contributed by atoms with Gasteiger partial charge in [-0.3, -0.25) is 14.8 Å². The molecule has 4 rings (SSSR count). The molecule has 9 nitrogen and oxygen atoms in total. The molecule has 0 amide bonds. The van der Waals surface area contributed by atoms with Gasteiger partial charge in [0, 0.05) is 31.9 Å². The van der Waals surface area contributed by atoms with E-state index in [0.717, 1.165) is 57.1 Å². The lowest BCUT2D eigenvalue weighted by molar-refractivity contribution is -0.193. The second kappa shape index (κ2) is 13.1. The Morgan fingerprint density at radius 2 is 1.74 bits per heavy atom. The number of likely N-dealkylation sites (N-methyl/N-ethyl adjacent to an activating group) is 1. The van der Waals surface area contributed by atoms with Crippen molar-refractivity contribution in [3.8, 4) is 0 Å². The Morgan fingerprint density at radius 1 is 1.11 bits per heavy atom. The molecule has 0 aliphatic carbocycles. The lowest BCUT2D eigenvalue weighted by atomic mass is 9.96.